The van der Waals surface area contributed by atoms with Crippen LogP contribution in [0.5, 0.6) is 0 Å². The van der Waals surface area contributed by atoms with E-state index < -0.39 is 0 Å². The van der Waals surface area contributed by atoms with Gasteiger partial charge in [0.1, 0.15) is 12.4 Å². The van der Waals surface area contributed by atoms with Gasteiger partial charge in [0.2, 0.25) is 0 Å². The Hall–Kier alpha value is -2.03. The van der Waals surface area contributed by atoms with E-state index in [2.05, 4.69) is 17.2 Å². The maximum absolute atomic E-state index is 11.9. The molecular formula is C14H13NO3S. The minimum absolute atomic E-state index is 0.149. The van der Waals surface area contributed by atoms with Crippen molar-refractivity contribution in [1.82, 2.24) is 5.32 Å². The number of thiophene rings is 1. The molecule has 0 atom stereocenters. The molecule has 0 aliphatic rings. The largest absolute Gasteiger partial charge is 0.469 e. The fraction of sp³-hybridized carbons (Fsp3) is 0.214. The average Bonchev–Trinajstić information content (AvgIpc) is 3.02. The number of hydrogen-bond acceptors (Lipinski definition) is 4. The lowest BCUT2D eigenvalue weighted by molar-refractivity contribution is 0.0950. The number of aliphatic hydroxyl groups is 1. The number of aryl methyl sites for hydroxylation is 1. The first kappa shape index (κ1) is 13.4. The second-order valence-corrected chi connectivity index (χ2v) is 4.97. The van der Waals surface area contributed by atoms with Crippen LogP contribution < -0.4 is 5.32 Å². The number of furan rings is 1. The maximum atomic E-state index is 11.9. The van der Waals surface area contributed by atoms with Crippen LogP contribution >= 0.6 is 11.3 Å². The average molecular weight is 275 g/mol. The van der Waals surface area contributed by atoms with Crippen molar-refractivity contribution < 1.29 is 14.3 Å². The third-order valence-electron chi connectivity index (χ3n) is 2.48. The maximum Gasteiger partial charge on any atom is 0.255 e. The Morgan fingerprint density at radius 3 is 3.00 bits per heavy atom. The van der Waals surface area contributed by atoms with Gasteiger partial charge in [-0.25, -0.2) is 0 Å². The summed E-state index contributed by atoms with van der Waals surface area (Å²) in [7, 11) is 0. The zero-order valence-corrected chi connectivity index (χ0v) is 11.2. The summed E-state index contributed by atoms with van der Waals surface area (Å²) in [5.41, 5.74) is 0.553. The molecule has 2 aromatic heterocycles. The van der Waals surface area contributed by atoms with Crippen molar-refractivity contribution in [2.24, 2.45) is 0 Å². The van der Waals surface area contributed by atoms with Crippen LogP contribution in [-0.4, -0.2) is 17.6 Å². The molecule has 0 spiro atoms. The summed E-state index contributed by atoms with van der Waals surface area (Å²) < 4.78 is 5.09. The fourth-order valence-corrected chi connectivity index (χ4v) is 2.37. The molecule has 2 aromatic rings. The lowest BCUT2D eigenvalue weighted by atomic mass is 10.2. The quantitative estimate of drug-likeness (QED) is 0.841. The lowest BCUT2D eigenvalue weighted by Gasteiger charge is -2.01. The Morgan fingerprint density at radius 1 is 1.47 bits per heavy atom. The summed E-state index contributed by atoms with van der Waals surface area (Å²) in [6, 6.07) is 5.43. The van der Waals surface area contributed by atoms with Crippen LogP contribution in [0.4, 0.5) is 0 Å². The summed E-state index contributed by atoms with van der Waals surface area (Å²) in [5.74, 6) is 5.88. The van der Waals surface area contributed by atoms with E-state index >= 15 is 0 Å². The molecule has 1 amide bonds. The van der Waals surface area contributed by atoms with Crippen LogP contribution in [0.1, 0.15) is 25.9 Å². The molecule has 4 nitrogen and oxygen atoms in total. The van der Waals surface area contributed by atoms with Gasteiger partial charge in [-0.05, 0) is 25.1 Å². The van der Waals surface area contributed by atoms with Gasteiger partial charge in [-0.2, -0.15) is 0 Å². The molecule has 0 saturated carbocycles. The molecule has 0 saturated heterocycles. The zero-order valence-electron chi connectivity index (χ0n) is 10.4. The number of aliphatic hydroxyl groups excluding tert-OH is 1. The molecule has 0 aromatic carbocycles. The van der Waals surface area contributed by atoms with Gasteiger partial charge in [0, 0.05) is 4.88 Å². The molecule has 2 heterocycles. The summed E-state index contributed by atoms with van der Waals surface area (Å²) in [6.07, 6.45) is 1.50. The van der Waals surface area contributed by atoms with Gasteiger partial charge in [-0.15, -0.1) is 11.3 Å². The van der Waals surface area contributed by atoms with Gasteiger partial charge < -0.3 is 14.8 Å². The fourth-order valence-electron chi connectivity index (χ4n) is 1.55. The zero-order chi connectivity index (χ0) is 13.7. The first-order valence-electron chi connectivity index (χ1n) is 5.71. The number of carbonyl (C=O) groups excluding carboxylic acids is 1. The van der Waals surface area contributed by atoms with Crippen LogP contribution in [0.3, 0.4) is 0 Å². The highest BCUT2D eigenvalue weighted by atomic mass is 32.1. The van der Waals surface area contributed by atoms with Crippen molar-refractivity contribution in [3.8, 4) is 11.8 Å². The smallest absolute Gasteiger partial charge is 0.255 e. The molecular weight excluding hydrogens is 262 g/mol. The van der Waals surface area contributed by atoms with Crippen LogP contribution in [-0.2, 0) is 6.54 Å². The minimum atomic E-state index is -0.150. The van der Waals surface area contributed by atoms with Crippen molar-refractivity contribution >= 4 is 17.2 Å². The van der Waals surface area contributed by atoms with E-state index in [-0.39, 0.29) is 12.5 Å². The Kier molecular flexibility index (Phi) is 4.39. The van der Waals surface area contributed by atoms with Gasteiger partial charge in [-0.3, -0.25) is 4.79 Å². The molecule has 0 unspecified atom stereocenters. The predicted molar refractivity (Wildman–Crippen MR) is 72.9 cm³/mol. The lowest BCUT2D eigenvalue weighted by Crippen LogP contribution is -2.22. The number of rotatable bonds is 3. The molecule has 5 heteroatoms. The Morgan fingerprint density at radius 2 is 2.32 bits per heavy atom. The van der Waals surface area contributed by atoms with Gasteiger partial charge in [-0.1, -0.05) is 11.8 Å². The van der Waals surface area contributed by atoms with Crippen LogP contribution in [0.15, 0.2) is 28.9 Å². The van der Waals surface area contributed by atoms with Crippen LogP contribution in [0, 0.1) is 18.8 Å². The Bertz CT molecular complexity index is 630. The predicted octanol–water partition coefficient (Wildman–Crippen LogP) is 1.92. The van der Waals surface area contributed by atoms with Gasteiger partial charge in [0.25, 0.3) is 5.91 Å². The molecule has 0 aliphatic heterocycles. The first-order chi connectivity index (χ1) is 9.20. The van der Waals surface area contributed by atoms with Crippen LogP contribution in [0.2, 0.25) is 0 Å². The molecule has 0 aliphatic carbocycles. The monoisotopic (exact) mass is 275 g/mol. The summed E-state index contributed by atoms with van der Waals surface area (Å²) in [4.78, 5) is 13.7. The van der Waals surface area contributed by atoms with Crippen molar-refractivity contribution in [2.75, 3.05) is 6.61 Å². The highest BCUT2D eigenvalue weighted by molar-refractivity contribution is 7.12. The summed E-state index contributed by atoms with van der Waals surface area (Å²) in [5, 5.41) is 11.4. The van der Waals surface area contributed by atoms with E-state index in [0.29, 0.717) is 17.9 Å². The highest BCUT2D eigenvalue weighted by Crippen LogP contribution is 2.15. The summed E-state index contributed by atoms with van der Waals surface area (Å²) >= 11 is 1.49. The molecule has 19 heavy (non-hydrogen) atoms. The summed E-state index contributed by atoms with van der Waals surface area (Å²) in [6.45, 7) is 2.06. The Labute approximate surface area is 115 Å². The first-order valence-corrected chi connectivity index (χ1v) is 6.53. The topological polar surface area (TPSA) is 62.5 Å². The van der Waals surface area contributed by atoms with Gasteiger partial charge >= 0.3 is 0 Å². The standard InChI is InChI=1S/C14H13NO3S/c1-10-13(6-8-18-10)14(17)15-9-12-5-4-11(19-12)3-2-7-16/h4-6,8,16H,7,9H2,1H3,(H,15,17). The normalized spacial score (nSPS) is 9.79. The second kappa shape index (κ2) is 6.23. The van der Waals surface area contributed by atoms with Crippen molar-refractivity contribution in [3.63, 3.8) is 0 Å². The van der Waals surface area contributed by atoms with Gasteiger partial charge in [0.15, 0.2) is 0 Å². The molecule has 2 rings (SSSR count). The number of hydrogen-bond donors (Lipinski definition) is 2. The Balaban J connectivity index is 1.94. The van der Waals surface area contributed by atoms with E-state index in [4.69, 9.17) is 9.52 Å². The SMILES string of the molecule is Cc1occc1C(=O)NCc1ccc(C#CCO)s1. The van der Waals surface area contributed by atoms with Crippen molar-refractivity contribution in [2.45, 2.75) is 13.5 Å². The molecule has 98 valence electrons. The minimum Gasteiger partial charge on any atom is -0.469 e. The van der Waals surface area contributed by atoms with E-state index in [0.717, 1.165) is 9.75 Å². The third kappa shape index (κ3) is 3.47. The molecule has 0 radical (unpaired) electrons. The molecule has 2 N–H and O–H groups in total. The van der Waals surface area contributed by atoms with E-state index in [1.54, 1.807) is 13.0 Å². The van der Waals surface area contributed by atoms with Crippen molar-refractivity contribution in [3.05, 3.63) is 45.5 Å². The number of carbonyl (C=O) groups is 1. The third-order valence-corrected chi connectivity index (χ3v) is 3.48. The van der Waals surface area contributed by atoms with Crippen molar-refractivity contribution in [1.29, 1.82) is 0 Å². The highest BCUT2D eigenvalue weighted by Gasteiger charge is 2.11. The molecule has 0 fully saturated rings. The number of amides is 1. The molecule has 0 bridgehead atoms. The van der Waals surface area contributed by atoms with Crippen LogP contribution in [0.25, 0.3) is 0 Å². The van der Waals surface area contributed by atoms with E-state index in [9.17, 15) is 4.79 Å². The van der Waals surface area contributed by atoms with E-state index in [1.807, 2.05) is 12.1 Å². The van der Waals surface area contributed by atoms with E-state index in [1.165, 1.54) is 17.6 Å². The second-order valence-electron chi connectivity index (χ2n) is 3.80. The number of nitrogens with one attached hydrogen (secondary N) is 1. The van der Waals surface area contributed by atoms with Gasteiger partial charge in [0.05, 0.1) is 23.2 Å².